The lowest BCUT2D eigenvalue weighted by molar-refractivity contribution is 0.170. The molecule has 238 valence electrons. The minimum Gasteiger partial charge on any atom is -0.484 e. The van der Waals surface area contributed by atoms with Crippen molar-refractivity contribution in [3.8, 4) is 5.75 Å². The van der Waals surface area contributed by atoms with E-state index in [2.05, 4.69) is 39.7 Å². The van der Waals surface area contributed by atoms with Crippen molar-refractivity contribution in [2.75, 3.05) is 25.2 Å². The third-order valence-electron chi connectivity index (χ3n) is 9.33. The Morgan fingerprint density at radius 3 is 2.49 bits per heavy atom. The van der Waals surface area contributed by atoms with E-state index in [0.717, 1.165) is 53.3 Å². The zero-order valence-corrected chi connectivity index (χ0v) is 27.6. The van der Waals surface area contributed by atoms with Gasteiger partial charge in [-0.1, -0.05) is 45.0 Å². The van der Waals surface area contributed by atoms with Crippen molar-refractivity contribution in [2.24, 2.45) is 0 Å². The van der Waals surface area contributed by atoms with E-state index >= 15 is 0 Å². The van der Waals surface area contributed by atoms with Crippen molar-refractivity contribution >= 4 is 27.2 Å². The molecule has 1 fully saturated rings. The quantitative estimate of drug-likeness (QED) is 0.263. The minimum absolute atomic E-state index is 0.175. The van der Waals surface area contributed by atoms with Crippen LogP contribution in [0.25, 0.3) is 5.65 Å². The van der Waals surface area contributed by atoms with Crippen LogP contribution in [-0.2, 0) is 20.8 Å². The van der Waals surface area contributed by atoms with E-state index in [1.165, 1.54) is 12.3 Å². The van der Waals surface area contributed by atoms with E-state index < -0.39 is 15.9 Å². The van der Waals surface area contributed by atoms with E-state index in [1.54, 1.807) is 6.07 Å². The number of carbonyl (C=O) groups is 1. The minimum atomic E-state index is -3.46. The Labute approximate surface area is 265 Å². The van der Waals surface area contributed by atoms with Crippen molar-refractivity contribution in [2.45, 2.75) is 81.4 Å². The summed E-state index contributed by atoms with van der Waals surface area (Å²) in [6, 6.07) is 16.3. The highest BCUT2D eigenvalue weighted by Gasteiger charge is 2.40. The first kappa shape index (κ1) is 31.0. The van der Waals surface area contributed by atoms with Gasteiger partial charge in [0.15, 0.2) is 21.3 Å². The van der Waals surface area contributed by atoms with Crippen molar-refractivity contribution in [1.82, 2.24) is 24.8 Å². The van der Waals surface area contributed by atoms with Gasteiger partial charge in [-0.25, -0.2) is 13.2 Å². The molecule has 3 heterocycles. The summed E-state index contributed by atoms with van der Waals surface area (Å²) in [6.07, 6.45) is 6.49. The summed E-state index contributed by atoms with van der Waals surface area (Å²) in [6.45, 7) is 9.27. The Bertz CT molecular complexity index is 1860. The lowest BCUT2D eigenvalue weighted by Crippen LogP contribution is -2.37. The first-order valence-corrected chi connectivity index (χ1v) is 17.4. The van der Waals surface area contributed by atoms with Gasteiger partial charge in [-0.15, -0.1) is 10.2 Å². The van der Waals surface area contributed by atoms with Gasteiger partial charge >= 0.3 is 6.03 Å². The van der Waals surface area contributed by atoms with Gasteiger partial charge in [-0.3, -0.25) is 9.30 Å². The predicted octanol–water partition coefficient (Wildman–Crippen LogP) is 6.15. The summed E-state index contributed by atoms with van der Waals surface area (Å²) in [5.41, 5.74) is 3.59. The molecule has 45 heavy (non-hydrogen) atoms. The molecule has 0 radical (unpaired) electrons. The molecule has 0 spiro atoms. The van der Waals surface area contributed by atoms with Crippen molar-refractivity contribution < 1.29 is 17.9 Å². The Morgan fingerprint density at radius 1 is 1.04 bits per heavy atom. The summed E-state index contributed by atoms with van der Waals surface area (Å²) in [4.78, 5) is 15.8. The average molecular weight is 631 g/mol. The van der Waals surface area contributed by atoms with Gasteiger partial charge in [0.25, 0.3) is 0 Å². The second-order valence-corrected chi connectivity index (χ2v) is 15.7. The Hall–Kier alpha value is -3.96. The standard InChI is InChI=1S/C34H42N6O4S/c1-33(2,3)22-18-23(20-25(19-22)45(6,42)43)35-32(41)36-28-13-14-29(27-11-8-7-10-26(27)28)44-24-12-15-30-37-38-31(40(30)21-24)34(4)16-9-17-39(34)5/h7-8,10-12,15,18-21,28-29H,9,13-14,16-17H2,1-6H3,(H2,35,36,41)/t28-,29+,34-/m0/s1. The van der Waals surface area contributed by atoms with Crippen molar-refractivity contribution in [3.05, 3.63) is 83.3 Å². The fraction of sp³-hybridized carbons (Fsp3) is 0.441. The maximum atomic E-state index is 13.3. The first-order chi connectivity index (χ1) is 21.2. The van der Waals surface area contributed by atoms with Gasteiger partial charge in [0.1, 0.15) is 11.9 Å². The number of hydrogen-bond acceptors (Lipinski definition) is 7. The molecular formula is C34H42N6O4S. The highest BCUT2D eigenvalue weighted by Crippen LogP contribution is 2.40. The van der Waals surface area contributed by atoms with Crippen LogP contribution in [-0.4, -0.2) is 53.8 Å². The third kappa shape index (κ3) is 6.15. The number of anilines is 1. The highest BCUT2D eigenvalue weighted by atomic mass is 32.2. The third-order valence-corrected chi connectivity index (χ3v) is 10.4. The number of benzene rings is 2. The lowest BCUT2D eigenvalue weighted by Gasteiger charge is -2.32. The monoisotopic (exact) mass is 630 g/mol. The number of likely N-dealkylation sites (tertiary alicyclic amines) is 1. The number of nitrogens with one attached hydrogen (secondary N) is 2. The molecular weight excluding hydrogens is 588 g/mol. The molecule has 1 aliphatic carbocycles. The number of fused-ring (bicyclic) bond motifs is 2. The van der Waals surface area contributed by atoms with Crippen LogP contribution in [0, 0.1) is 0 Å². The molecule has 2 aromatic carbocycles. The van der Waals surface area contributed by atoms with Gasteiger partial charge in [-0.05, 0) is 98.6 Å². The average Bonchev–Trinajstić information content (AvgIpc) is 3.56. The molecule has 10 nitrogen and oxygen atoms in total. The van der Waals surface area contributed by atoms with Crippen LogP contribution >= 0.6 is 0 Å². The van der Waals surface area contributed by atoms with E-state index in [0.29, 0.717) is 18.5 Å². The molecule has 4 aromatic rings. The second kappa shape index (κ2) is 11.4. The molecule has 0 saturated carbocycles. The van der Waals surface area contributed by atoms with Crippen LogP contribution in [0.3, 0.4) is 0 Å². The molecule has 0 unspecified atom stereocenters. The molecule has 6 rings (SSSR count). The van der Waals surface area contributed by atoms with Gasteiger partial charge in [0.05, 0.1) is 22.7 Å². The summed E-state index contributed by atoms with van der Waals surface area (Å²) in [5, 5.41) is 15.0. The summed E-state index contributed by atoms with van der Waals surface area (Å²) in [7, 11) is -1.33. The van der Waals surface area contributed by atoms with Gasteiger partial charge < -0.3 is 15.4 Å². The topological polar surface area (TPSA) is 118 Å². The van der Waals surface area contributed by atoms with Crippen LogP contribution in [0.5, 0.6) is 5.75 Å². The molecule has 3 atom stereocenters. The molecule has 2 aliphatic rings. The molecule has 2 aromatic heterocycles. The fourth-order valence-electron chi connectivity index (χ4n) is 6.52. The van der Waals surface area contributed by atoms with Crippen molar-refractivity contribution in [1.29, 1.82) is 0 Å². The number of carbonyl (C=O) groups excluding carboxylic acids is 1. The second-order valence-electron chi connectivity index (χ2n) is 13.6. The van der Waals surface area contributed by atoms with Gasteiger partial charge in [0, 0.05) is 11.9 Å². The van der Waals surface area contributed by atoms with E-state index in [9.17, 15) is 13.2 Å². The Balaban J connectivity index is 1.20. The number of ether oxygens (including phenoxy) is 1. The molecule has 1 aliphatic heterocycles. The van der Waals surface area contributed by atoms with Crippen LogP contribution < -0.4 is 15.4 Å². The number of aromatic nitrogens is 3. The van der Waals surface area contributed by atoms with Crippen LogP contribution in [0.1, 0.15) is 88.0 Å². The number of nitrogens with zero attached hydrogens (tertiary/aromatic N) is 4. The first-order valence-electron chi connectivity index (χ1n) is 15.5. The molecule has 2 N–H and O–H groups in total. The molecule has 11 heteroatoms. The molecule has 1 saturated heterocycles. The maximum Gasteiger partial charge on any atom is 0.319 e. The number of sulfone groups is 1. The van der Waals surface area contributed by atoms with Crippen LogP contribution in [0.15, 0.2) is 65.7 Å². The maximum absolute atomic E-state index is 13.3. The van der Waals surface area contributed by atoms with E-state index in [-0.39, 0.29) is 28.0 Å². The van der Waals surface area contributed by atoms with Gasteiger partial charge in [-0.2, -0.15) is 0 Å². The fourth-order valence-corrected chi connectivity index (χ4v) is 7.20. The summed E-state index contributed by atoms with van der Waals surface area (Å²) < 4.78 is 33.4. The number of amides is 2. The number of pyridine rings is 1. The zero-order chi connectivity index (χ0) is 32.1. The van der Waals surface area contributed by atoms with E-state index in [4.69, 9.17) is 4.74 Å². The predicted molar refractivity (Wildman–Crippen MR) is 174 cm³/mol. The normalized spacial score (nSPS) is 22.3. The summed E-state index contributed by atoms with van der Waals surface area (Å²) >= 11 is 0. The van der Waals surface area contributed by atoms with Gasteiger partial charge in [0.2, 0.25) is 0 Å². The lowest BCUT2D eigenvalue weighted by atomic mass is 9.85. The van der Waals surface area contributed by atoms with Crippen LogP contribution in [0.4, 0.5) is 10.5 Å². The van der Waals surface area contributed by atoms with Crippen LogP contribution in [0.2, 0.25) is 0 Å². The SMILES string of the molecule is CN1CCC[C@@]1(C)c1nnc2ccc(O[C@@H]3CC[C@H](NC(=O)Nc4cc(C(C)(C)C)cc(S(C)(=O)=O)c4)c4ccccc43)cn12. The molecule has 0 bridgehead atoms. The number of urea groups is 1. The Kier molecular flexibility index (Phi) is 7.89. The molecule has 2 amide bonds. The Morgan fingerprint density at radius 2 is 1.80 bits per heavy atom. The zero-order valence-electron chi connectivity index (χ0n) is 26.8. The number of hydrogen-bond donors (Lipinski definition) is 2. The largest absolute Gasteiger partial charge is 0.484 e. The summed E-state index contributed by atoms with van der Waals surface area (Å²) in [5.74, 6) is 1.65. The highest BCUT2D eigenvalue weighted by molar-refractivity contribution is 7.90. The van der Waals surface area contributed by atoms with Crippen molar-refractivity contribution in [3.63, 3.8) is 0 Å². The number of rotatable bonds is 6. The van der Waals surface area contributed by atoms with E-state index in [1.807, 2.05) is 73.8 Å². The smallest absolute Gasteiger partial charge is 0.319 e.